The SMILES string of the molecule is CCOC(=O)c1cnc(CC2CCCO2)nc1C. The highest BCUT2D eigenvalue weighted by molar-refractivity contribution is 5.90. The number of esters is 1. The van der Waals surface area contributed by atoms with Crippen LogP contribution in [0.1, 0.15) is 41.6 Å². The molecular formula is C13H18N2O3. The van der Waals surface area contributed by atoms with Gasteiger partial charge in [-0.3, -0.25) is 0 Å². The van der Waals surface area contributed by atoms with Crippen LogP contribution >= 0.6 is 0 Å². The number of nitrogens with zero attached hydrogens (tertiary/aromatic N) is 2. The molecule has 0 bridgehead atoms. The van der Waals surface area contributed by atoms with Crippen LogP contribution in [-0.2, 0) is 15.9 Å². The van der Waals surface area contributed by atoms with Gasteiger partial charge in [-0.1, -0.05) is 0 Å². The largest absolute Gasteiger partial charge is 0.462 e. The molecule has 0 amide bonds. The van der Waals surface area contributed by atoms with Crippen LogP contribution in [0.2, 0.25) is 0 Å². The quantitative estimate of drug-likeness (QED) is 0.761. The summed E-state index contributed by atoms with van der Waals surface area (Å²) in [6.45, 7) is 4.76. The Morgan fingerprint density at radius 1 is 1.61 bits per heavy atom. The molecule has 1 atom stereocenters. The van der Waals surface area contributed by atoms with Crippen molar-refractivity contribution in [1.82, 2.24) is 9.97 Å². The summed E-state index contributed by atoms with van der Waals surface area (Å²) in [5.41, 5.74) is 1.10. The van der Waals surface area contributed by atoms with E-state index in [9.17, 15) is 4.79 Å². The van der Waals surface area contributed by atoms with E-state index in [2.05, 4.69) is 9.97 Å². The van der Waals surface area contributed by atoms with Crippen molar-refractivity contribution in [1.29, 1.82) is 0 Å². The van der Waals surface area contributed by atoms with Gasteiger partial charge in [-0.25, -0.2) is 14.8 Å². The van der Waals surface area contributed by atoms with Gasteiger partial charge in [0.15, 0.2) is 0 Å². The second kappa shape index (κ2) is 5.91. The van der Waals surface area contributed by atoms with Crippen molar-refractivity contribution in [2.24, 2.45) is 0 Å². The zero-order chi connectivity index (χ0) is 13.0. The van der Waals surface area contributed by atoms with Crippen molar-refractivity contribution in [2.75, 3.05) is 13.2 Å². The lowest BCUT2D eigenvalue weighted by Crippen LogP contribution is -2.14. The van der Waals surface area contributed by atoms with E-state index in [-0.39, 0.29) is 12.1 Å². The van der Waals surface area contributed by atoms with E-state index < -0.39 is 0 Å². The molecule has 1 fully saturated rings. The van der Waals surface area contributed by atoms with Crippen LogP contribution in [0.3, 0.4) is 0 Å². The molecular weight excluding hydrogens is 232 g/mol. The summed E-state index contributed by atoms with van der Waals surface area (Å²) < 4.78 is 10.5. The zero-order valence-corrected chi connectivity index (χ0v) is 10.8. The molecule has 1 aromatic rings. The lowest BCUT2D eigenvalue weighted by molar-refractivity contribution is 0.0524. The molecule has 18 heavy (non-hydrogen) atoms. The van der Waals surface area contributed by atoms with E-state index >= 15 is 0 Å². The summed E-state index contributed by atoms with van der Waals surface area (Å²) in [6, 6.07) is 0. The summed E-state index contributed by atoms with van der Waals surface area (Å²) >= 11 is 0. The van der Waals surface area contributed by atoms with Crippen LogP contribution in [0, 0.1) is 6.92 Å². The van der Waals surface area contributed by atoms with Crippen molar-refractivity contribution >= 4 is 5.97 Å². The van der Waals surface area contributed by atoms with Gasteiger partial charge in [0.05, 0.1) is 24.0 Å². The molecule has 0 aliphatic carbocycles. The molecule has 0 spiro atoms. The van der Waals surface area contributed by atoms with Gasteiger partial charge in [-0.05, 0) is 26.7 Å². The highest BCUT2D eigenvalue weighted by Gasteiger charge is 2.19. The number of ether oxygens (including phenoxy) is 2. The van der Waals surface area contributed by atoms with E-state index in [1.165, 1.54) is 0 Å². The minimum atomic E-state index is -0.362. The first kappa shape index (κ1) is 13.0. The summed E-state index contributed by atoms with van der Waals surface area (Å²) in [5.74, 6) is 0.367. The number of carbonyl (C=O) groups excluding carboxylic acids is 1. The lowest BCUT2D eigenvalue weighted by atomic mass is 10.1. The number of hydrogen-bond donors (Lipinski definition) is 0. The molecule has 5 heteroatoms. The van der Waals surface area contributed by atoms with Crippen LogP contribution in [0.15, 0.2) is 6.20 Å². The monoisotopic (exact) mass is 250 g/mol. The highest BCUT2D eigenvalue weighted by Crippen LogP contribution is 2.16. The van der Waals surface area contributed by atoms with Gasteiger partial charge in [-0.2, -0.15) is 0 Å². The Labute approximate surface area is 107 Å². The molecule has 1 aliphatic heterocycles. The molecule has 1 aromatic heterocycles. The van der Waals surface area contributed by atoms with E-state index in [1.54, 1.807) is 20.0 Å². The Balaban J connectivity index is 2.06. The van der Waals surface area contributed by atoms with Crippen molar-refractivity contribution in [3.05, 3.63) is 23.3 Å². The van der Waals surface area contributed by atoms with Crippen molar-refractivity contribution in [3.8, 4) is 0 Å². The number of aromatic nitrogens is 2. The van der Waals surface area contributed by atoms with E-state index in [0.717, 1.165) is 25.3 Å². The second-order valence-electron chi connectivity index (χ2n) is 4.34. The smallest absolute Gasteiger partial charge is 0.341 e. The Bertz CT molecular complexity index is 428. The third kappa shape index (κ3) is 3.04. The fourth-order valence-corrected chi connectivity index (χ4v) is 2.03. The molecule has 1 aliphatic rings. The normalized spacial score (nSPS) is 18.9. The number of carbonyl (C=O) groups is 1. The molecule has 0 aromatic carbocycles. The van der Waals surface area contributed by atoms with Crippen LogP contribution in [0.4, 0.5) is 0 Å². The summed E-state index contributed by atoms with van der Waals surface area (Å²) in [6.07, 6.45) is 4.64. The van der Waals surface area contributed by atoms with E-state index in [0.29, 0.717) is 24.3 Å². The van der Waals surface area contributed by atoms with Crippen molar-refractivity contribution in [3.63, 3.8) is 0 Å². The zero-order valence-electron chi connectivity index (χ0n) is 10.8. The molecule has 2 rings (SSSR count). The molecule has 0 N–H and O–H groups in total. The van der Waals surface area contributed by atoms with Gasteiger partial charge in [0, 0.05) is 19.2 Å². The van der Waals surface area contributed by atoms with Gasteiger partial charge in [0.2, 0.25) is 0 Å². The molecule has 1 saturated heterocycles. The first-order valence-corrected chi connectivity index (χ1v) is 6.32. The number of aryl methyl sites for hydroxylation is 1. The number of hydrogen-bond acceptors (Lipinski definition) is 5. The van der Waals surface area contributed by atoms with Crippen LogP contribution < -0.4 is 0 Å². The average Bonchev–Trinajstić information content (AvgIpc) is 2.82. The Hall–Kier alpha value is -1.49. The molecule has 5 nitrogen and oxygen atoms in total. The fourth-order valence-electron chi connectivity index (χ4n) is 2.03. The summed E-state index contributed by atoms with van der Waals surface area (Å²) in [5, 5.41) is 0. The summed E-state index contributed by atoms with van der Waals surface area (Å²) in [7, 11) is 0. The van der Waals surface area contributed by atoms with Gasteiger partial charge >= 0.3 is 5.97 Å². The predicted molar refractivity (Wildman–Crippen MR) is 65.4 cm³/mol. The molecule has 98 valence electrons. The van der Waals surface area contributed by atoms with E-state index in [4.69, 9.17) is 9.47 Å². The maximum Gasteiger partial charge on any atom is 0.341 e. The van der Waals surface area contributed by atoms with Gasteiger partial charge in [-0.15, -0.1) is 0 Å². The van der Waals surface area contributed by atoms with Crippen LogP contribution in [0.25, 0.3) is 0 Å². The highest BCUT2D eigenvalue weighted by atomic mass is 16.5. The Kier molecular flexibility index (Phi) is 4.25. The summed E-state index contributed by atoms with van der Waals surface area (Å²) in [4.78, 5) is 20.2. The van der Waals surface area contributed by atoms with E-state index in [1.807, 2.05) is 0 Å². The van der Waals surface area contributed by atoms with Crippen molar-refractivity contribution in [2.45, 2.75) is 39.2 Å². The average molecular weight is 250 g/mol. The number of rotatable bonds is 4. The molecule has 1 unspecified atom stereocenters. The maximum atomic E-state index is 11.6. The van der Waals surface area contributed by atoms with Gasteiger partial charge < -0.3 is 9.47 Å². The first-order valence-electron chi connectivity index (χ1n) is 6.32. The first-order chi connectivity index (χ1) is 8.70. The molecule has 0 radical (unpaired) electrons. The van der Waals surface area contributed by atoms with Crippen LogP contribution in [0.5, 0.6) is 0 Å². The Morgan fingerprint density at radius 2 is 2.44 bits per heavy atom. The third-order valence-electron chi connectivity index (χ3n) is 2.96. The molecule has 0 saturated carbocycles. The van der Waals surface area contributed by atoms with Crippen molar-refractivity contribution < 1.29 is 14.3 Å². The minimum Gasteiger partial charge on any atom is -0.462 e. The maximum absolute atomic E-state index is 11.6. The predicted octanol–water partition coefficient (Wildman–Crippen LogP) is 1.68. The van der Waals surface area contributed by atoms with Gasteiger partial charge in [0.1, 0.15) is 5.82 Å². The fraction of sp³-hybridized carbons (Fsp3) is 0.615. The van der Waals surface area contributed by atoms with Crippen LogP contribution in [-0.4, -0.2) is 35.3 Å². The Morgan fingerprint density at radius 3 is 3.06 bits per heavy atom. The lowest BCUT2D eigenvalue weighted by Gasteiger charge is -2.09. The third-order valence-corrected chi connectivity index (χ3v) is 2.96. The second-order valence-corrected chi connectivity index (χ2v) is 4.34. The topological polar surface area (TPSA) is 61.3 Å². The molecule has 2 heterocycles. The van der Waals surface area contributed by atoms with Gasteiger partial charge in [0.25, 0.3) is 0 Å². The minimum absolute atomic E-state index is 0.220. The standard InChI is InChI=1S/C13H18N2O3/c1-3-17-13(16)11-8-14-12(15-9(11)2)7-10-5-4-6-18-10/h8,10H,3-7H2,1-2H3.